The molecule has 121 valence electrons. The minimum absolute atomic E-state index is 0.0171. The Bertz CT molecular complexity index is 833. The molecule has 0 fully saturated rings. The standard InChI is InChI=1S/C24H19O/c1-19(20-11-5-2-6-12-20)17-23(21-13-7-3-8-14-21)18-24(25)22-15-9-4-10-16-22/h2-18H,1H2/b23-18+. The lowest BCUT2D eigenvalue weighted by molar-refractivity contribution is 0.104. The van der Waals surface area contributed by atoms with E-state index in [1.165, 1.54) is 0 Å². The average Bonchev–Trinajstić information content (AvgIpc) is 2.69. The van der Waals surface area contributed by atoms with Gasteiger partial charge in [0.2, 0.25) is 0 Å². The maximum absolute atomic E-state index is 12.6. The molecule has 3 radical (unpaired) electrons. The van der Waals surface area contributed by atoms with Crippen LogP contribution in [0, 0.1) is 19.3 Å². The van der Waals surface area contributed by atoms with E-state index in [1.807, 2.05) is 97.4 Å². The lowest BCUT2D eigenvalue weighted by atomic mass is 9.89. The van der Waals surface area contributed by atoms with Crippen LogP contribution in [-0.4, -0.2) is 5.78 Å². The molecule has 0 N–H and O–H groups in total. The van der Waals surface area contributed by atoms with Crippen LogP contribution in [0.3, 0.4) is 0 Å². The predicted octanol–water partition coefficient (Wildman–Crippen LogP) is 5.61. The molecular formula is C24H19O. The van der Waals surface area contributed by atoms with E-state index in [1.54, 1.807) is 6.08 Å². The van der Waals surface area contributed by atoms with Crippen LogP contribution in [-0.2, 0) is 0 Å². The van der Waals surface area contributed by atoms with Gasteiger partial charge in [-0.2, -0.15) is 0 Å². The first-order valence-electron chi connectivity index (χ1n) is 8.19. The van der Waals surface area contributed by atoms with E-state index in [-0.39, 0.29) is 5.78 Å². The third-order valence-electron chi connectivity index (χ3n) is 3.93. The summed E-state index contributed by atoms with van der Waals surface area (Å²) >= 11 is 0. The molecule has 0 saturated carbocycles. The zero-order chi connectivity index (χ0) is 17.5. The summed E-state index contributed by atoms with van der Waals surface area (Å²) in [5.74, 6) is 0.855. The van der Waals surface area contributed by atoms with Gasteiger partial charge in [-0.1, -0.05) is 91.0 Å². The molecule has 0 unspecified atom stereocenters. The fraction of sp³-hybridized carbons (Fsp3) is 0. The smallest absolute Gasteiger partial charge is 0.186 e. The van der Waals surface area contributed by atoms with Crippen LogP contribution in [0.15, 0.2) is 97.1 Å². The van der Waals surface area contributed by atoms with Crippen LogP contribution in [0.1, 0.15) is 21.5 Å². The number of rotatable bonds is 6. The van der Waals surface area contributed by atoms with Crippen LogP contribution in [0.4, 0.5) is 0 Å². The van der Waals surface area contributed by atoms with Crippen molar-refractivity contribution in [3.05, 3.63) is 133 Å². The van der Waals surface area contributed by atoms with Crippen molar-refractivity contribution in [1.82, 2.24) is 0 Å². The number of carbonyl (C=O) groups is 1. The van der Waals surface area contributed by atoms with Crippen molar-refractivity contribution >= 4 is 11.4 Å². The zero-order valence-electron chi connectivity index (χ0n) is 13.9. The number of ketones is 1. The lowest BCUT2D eigenvalue weighted by Crippen LogP contribution is -2.02. The third-order valence-corrected chi connectivity index (χ3v) is 3.93. The van der Waals surface area contributed by atoms with Crippen molar-refractivity contribution in [2.24, 2.45) is 0 Å². The second-order valence-electron chi connectivity index (χ2n) is 5.73. The summed E-state index contributed by atoms with van der Waals surface area (Å²) in [6.45, 7) is 4.16. The molecule has 1 nitrogen and oxygen atoms in total. The van der Waals surface area contributed by atoms with Crippen molar-refractivity contribution in [3.8, 4) is 0 Å². The van der Waals surface area contributed by atoms with Crippen LogP contribution in [0.5, 0.6) is 0 Å². The highest BCUT2D eigenvalue weighted by Crippen LogP contribution is 2.27. The quantitative estimate of drug-likeness (QED) is 0.425. The van der Waals surface area contributed by atoms with Crippen LogP contribution < -0.4 is 0 Å². The molecule has 0 bridgehead atoms. The topological polar surface area (TPSA) is 17.1 Å². The van der Waals surface area contributed by atoms with Crippen molar-refractivity contribution in [2.45, 2.75) is 0 Å². The molecule has 0 aliphatic carbocycles. The molecule has 0 aliphatic rings. The van der Waals surface area contributed by atoms with Gasteiger partial charge in [-0.25, -0.2) is 0 Å². The van der Waals surface area contributed by atoms with Crippen molar-refractivity contribution in [1.29, 1.82) is 0 Å². The highest BCUT2D eigenvalue weighted by Gasteiger charge is 2.13. The molecule has 0 amide bonds. The molecule has 1 heteroatoms. The van der Waals surface area contributed by atoms with Gasteiger partial charge in [0.25, 0.3) is 0 Å². The Morgan fingerprint density at radius 1 is 0.640 bits per heavy atom. The van der Waals surface area contributed by atoms with Gasteiger partial charge in [-0.05, 0) is 29.7 Å². The Morgan fingerprint density at radius 2 is 1.08 bits per heavy atom. The largest absolute Gasteiger partial charge is 0.289 e. The SMILES string of the molecule is [CH2][C]([CH]/C(=C\C(=O)c1ccccc1)c1ccccc1)c1ccccc1. The molecule has 0 aliphatic heterocycles. The molecule has 0 heterocycles. The molecular weight excluding hydrogens is 304 g/mol. The Hall–Kier alpha value is -2.93. The molecule has 25 heavy (non-hydrogen) atoms. The first-order valence-corrected chi connectivity index (χ1v) is 8.19. The van der Waals surface area contributed by atoms with Crippen LogP contribution in [0.25, 0.3) is 5.57 Å². The minimum atomic E-state index is -0.0171. The second-order valence-corrected chi connectivity index (χ2v) is 5.73. The fourth-order valence-electron chi connectivity index (χ4n) is 2.59. The average molecular weight is 323 g/mol. The van der Waals surface area contributed by atoms with E-state index < -0.39 is 0 Å². The minimum Gasteiger partial charge on any atom is -0.289 e. The van der Waals surface area contributed by atoms with E-state index in [4.69, 9.17) is 0 Å². The molecule has 0 spiro atoms. The Kier molecular flexibility index (Phi) is 5.58. The highest BCUT2D eigenvalue weighted by atomic mass is 16.1. The number of benzene rings is 3. The normalized spacial score (nSPS) is 11.5. The summed E-state index contributed by atoms with van der Waals surface area (Å²) in [5.41, 5.74) is 3.55. The van der Waals surface area contributed by atoms with Gasteiger partial charge < -0.3 is 0 Å². The Balaban J connectivity index is 1.91. The molecule has 3 rings (SSSR count). The van der Waals surface area contributed by atoms with Gasteiger partial charge in [0.05, 0.1) is 0 Å². The summed E-state index contributed by atoms with van der Waals surface area (Å²) in [6.07, 6.45) is 3.64. The van der Waals surface area contributed by atoms with E-state index in [0.717, 1.165) is 22.6 Å². The highest BCUT2D eigenvalue weighted by molar-refractivity contribution is 6.09. The first-order chi connectivity index (χ1) is 12.2. The van der Waals surface area contributed by atoms with E-state index in [2.05, 4.69) is 6.92 Å². The number of hydrogen-bond acceptors (Lipinski definition) is 1. The summed E-state index contributed by atoms with van der Waals surface area (Å²) in [4.78, 5) is 12.6. The van der Waals surface area contributed by atoms with E-state index in [9.17, 15) is 4.79 Å². The second kappa shape index (κ2) is 8.25. The predicted molar refractivity (Wildman–Crippen MR) is 104 cm³/mol. The summed E-state index contributed by atoms with van der Waals surface area (Å²) < 4.78 is 0. The summed E-state index contributed by atoms with van der Waals surface area (Å²) in [6, 6.07) is 29.2. The van der Waals surface area contributed by atoms with Gasteiger partial charge in [0.1, 0.15) is 0 Å². The summed E-state index contributed by atoms with van der Waals surface area (Å²) in [7, 11) is 0. The Labute approximate surface area is 149 Å². The third kappa shape index (κ3) is 4.54. The van der Waals surface area contributed by atoms with Gasteiger partial charge >= 0.3 is 0 Å². The number of allylic oxidation sites excluding steroid dienone is 2. The summed E-state index contributed by atoms with van der Waals surface area (Å²) in [5, 5.41) is 0. The first kappa shape index (κ1) is 16.9. The van der Waals surface area contributed by atoms with Gasteiger partial charge in [-0.15, -0.1) is 0 Å². The molecule has 0 atom stereocenters. The van der Waals surface area contributed by atoms with Gasteiger partial charge in [0, 0.05) is 17.9 Å². The van der Waals surface area contributed by atoms with Crippen molar-refractivity contribution in [2.75, 3.05) is 0 Å². The molecule has 0 aromatic heterocycles. The number of hydrogen-bond donors (Lipinski definition) is 0. The van der Waals surface area contributed by atoms with Gasteiger partial charge in [0.15, 0.2) is 5.78 Å². The maximum Gasteiger partial charge on any atom is 0.186 e. The Morgan fingerprint density at radius 3 is 1.60 bits per heavy atom. The molecule has 0 saturated heterocycles. The fourth-order valence-corrected chi connectivity index (χ4v) is 2.59. The molecule has 3 aromatic carbocycles. The van der Waals surface area contributed by atoms with Crippen molar-refractivity contribution in [3.63, 3.8) is 0 Å². The number of carbonyl (C=O) groups excluding carboxylic acids is 1. The van der Waals surface area contributed by atoms with Crippen LogP contribution in [0.2, 0.25) is 0 Å². The zero-order valence-corrected chi connectivity index (χ0v) is 13.9. The van der Waals surface area contributed by atoms with Crippen LogP contribution >= 0.6 is 0 Å². The van der Waals surface area contributed by atoms with E-state index >= 15 is 0 Å². The van der Waals surface area contributed by atoms with Crippen molar-refractivity contribution < 1.29 is 4.79 Å². The van der Waals surface area contributed by atoms with Gasteiger partial charge in [-0.3, -0.25) is 4.79 Å². The monoisotopic (exact) mass is 323 g/mol. The molecule has 3 aromatic rings. The lowest BCUT2D eigenvalue weighted by Gasteiger charge is -2.14. The maximum atomic E-state index is 12.6. The van der Waals surface area contributed by atoms with E-state index in [0.29, 0.717) is 5.56 Å².